The fourth-order valence-electron chi connectivity index (χ4n) is 1.11. The second-order valence-corrected chi connectivity index (χ2v) is 3.87. The summed E-state index contributed by atoms with van der Waals surface area (Å²) in [6.45, 7) is 0. The van der Waals surface area contributed by atoms with E-state index in [0.717, 1.165) is 12.3 Å². The summed E-state index contributed by atoms with van der Waals surface area (Å²) in [6.07, 6.45) is -3.28. The minimum atomic E-state index is -4.42. The van der Waals surface area contributed by atoms with Crippen molar-refractivity contribution in [2.75, 3.05) is 5.73 Å². The van der Waals surface area contributed by atoms with E-state index in [9.17, 15) is 13.2 Å². The SMILES string of the molecule is Nc1csc(-c2ccc(C(F)(F)F)nc2)n1. The zero-order valence-corrected chi connectivity index (χ0v) is 8.64. The zero-order chi connectivity index (χ0) is 11.8. The second-order valence-electron chi connectivity index (χ2n) is 3.01. The van der Waals surface area contributed by atoms with Gasteiger partial charge in [-0.1, -0.05) is 0 Å². The molecular weight excluding hydrogens is 239 g/mol. The molecule has 2 rings (SSSR count). The number of pyridine rings is 1. The molecule has 0 radical (unpaired) electrons. The summed E-state index contributed by atoms with van der Waals surface area (Å²) in [4.78, 5) is 7.28. The molecule has 0 fully saturated rings. The van der Waals surface area contributed by atoms with E-state index in [2.05, 4.69) is 9.97 Å². The van der Waals surface area contributed by atoms with Crippen LogP contribution in [0.1, 0.15) is 5.69 Å². The fourth-order valence-corrected chi connectivity index (χ4v) is 1.81. The van der Waals surface area contributed by atoms with Gasteiger partial charge in [-0.2, -0.15) is 13.2 Å². The Hall–Kier alpha value is -1.63. The summed E-state index contributed by atoms with van der Waals surface area (Å²) in [6, 6.07) is 2.25. The summed E-state index contributed by atoms with van der Waals surface area (Å²) in [5.74, 6) is 0.347. The molecular formula is C9H6F3N3S. The predicted octanol–water partition coefficient (Wildman–Crippen LogP) is 2.81. The Morgan fingerprint density at radius 3 is 2.44 bits per heavy atom. The minimum Gasteiger partial charge on any atom is -0.383 e. The molecule has 0 saturated carbocycles. The Morgan fingerprint density at radius 2 is 2.00 bits per heavy atom. The van der Waals surface area contributed by atoms with Gasteiger partial charge in [-0.3, -0.25) is 4.98 Å². The van der Waals surface area contributed by atoms with Crippen molar-refractivity contribution in [1.29, 1.82) is 0 Å². The van der Waals surface area contributed by atoms with Crippen LogP contribution in [-0.2, 0) is 6.18 Å². The summed E-state index contributed by atoms with van der Waals surface area (Å²) in [5.41, 5.74) is 5.02. The molecule has 16 heavy (non-hydrogen) atoms. The highest BCUT2D eigenvalue weighted by molar-refractivity contribution is 7.13. The molecule has 0 bridgehead atoms. The first-order valence-electron chi connectivity index (χ1n) is 4.21. The number of rotatable bonds is 1. The number of anilines is 1. The van der Waals surface area contributed by atoms with Crippen LogP contribution in [-0.4, -0.2) is 9.97 Å². The number of hydrogen-bond acceptors (Lipinski definition) is 4. The van der Waals surface area contributed by atoms with Crippen LogP contribution in [0, 0.1) is 0 Å². The first-order chi connectivity index (χ1) is 7.47. The van der Waals surface area contributed by atoms with Crippen LogP contribution in [0.5, 0.6) is 0 Å². The molecule has 0 atom stereocenters. The van der Waals surface area contributed by atoms with E-state index in [1.165, 1.54) is 17.4 Å². The smallest absolute Gasteiger partial charge is 0.383 e. The number of halogens is 3. The lowest BCUT2D eigenvalue weighted by Crippen LogP contribution is -2.07. The predicted molar refractivity (Wildman–Crippen MR) is 54.8 cm³/mol. The second kappa shape index (κ2) is 3.75. The average molecular weight is 245 g/mol. The average Bonchev–Trinajstić information content (AvgIpc) is 2.64. The number of alkyl halides is 3. The van der Waals surface area contributed by atoms with Gasteiger partial charge in [0.05, 0.1) is 0 Å². The maximum Gasteiger partial charge on any atom is 0.433 e. The molecule has 2 aromatic heterocycles. The van der Waals surface area contributed by atoms with Gasteiger partial charge in [0.25, 0.3) is 0 Å². The molecule has 0 aliphatic carbocycles. The van der Waals surface area contributed by atoms with E-state index in [-0.39, 0.29) is 0 Å². The topological polar surface area (TPSA) is 51.8 Å². The highest BCUT2D eigenvalue weighted by Crippen LogP contribution is 2.29. The van der Waals surface area contributed by atoms with Gasteiger partial charge in [0.15, 0.2) is 0 Å². The molecule has 84 valence electrons. The van der Waals surface area contributed by atoms with Crippen LogP contribution in [0.15, 0.2) is 23.7 Å². The van der Waals surface area contributed by atoms with Crippen molar-refractivity contribution in [2.24, 2.45) is 0 Å². The molecule has 0 aliphatic heterocycles. The number of nitrogen functional groups attached to an aromatic ring is 1. The highest BCUT2D eigenvalue weighted by Gasteiger charge is 2.32. The Morgan fingerprint density at radius 1 is 1.25 bits per heavy atom. The monoisotopic (exact) mass is 245 g/mol. The number of nitrogens with two attached hydrogens (primary N) is 1. The Balaban J connectivity index is 2.33. The van der Waals surface area contributed by atoms with E-state index in [1.54, 1.807) is 5.38 Å². The standard InChI is InChI=1S/C9H6F3N3S/c10-9(11,12)6-2-1-5(3-14-6)8-15-7(13)4-16-8/h1-4H,13H2. The molecule has 2 aromatic rings. The van der Waals surface area contributed by atoms with E-state index >= 15 is 0 Å². The van der Waals surface area contributed by atoms with Crippen LogP contribution in [0.3, 0.4) is 0 Å². The first kappa shape index (κ1) is 10.9. The summed E-state index contributed by atoms with van der Waals surface area (Å²) < 4.78 is 36.7. The van der Waals surface area contributed by atoms with Crippen molar-refractivity contribution in [3.63, 3.8) is 0 Å². The van der Waals surface area contributed by atoms with Crippen molar-refractivity contribution in [3.05, 3.63) is 29.4 Å². The molecule has 0 aliphatic rings. The maximum absolute atomic E-state index is 12.2. The molecule has 2 heterocycles. The van der Waals surface area contributed by atoms with Gasteiger partial charge in [-0.05, 0) is 12.1 Å². The van der Waals surface area contributed by atoms with Crippen molar-refractivity contribution < 1.29 is 13.2 Å². The van der Waals surface area contributed by atoms with Crippen molar-refractivity contribution in [1.82, 2.24) is 9.97 Å². The zero-order valence-electron chi connectivity index (χ0n) is 7.82. The highest BCUT2D eigenvalue weighted by atomic mass is 32.1. The van der Waals surface area contributed by atoms with E-state index in [1.807, 2.05) is 0 Å². The molecule has 0 amide bonds. The van der Waals surface area contributed by atoms with Crippen LogP contribution < -0.4 is 5.73 Å². The van der Waals surface area contributed by atoms with Crippen LogP contribution in [0.25, 0.3) is 10.6 Å². The summed E-state index contributed by atoms with van der Waals surface area (Å²) in [7, 11) is 0. The number of aromatic nitrogens is 2. The molecule has 7 heteroatoms. The van der Waals surface area contributed by atoms with Gasteiger partial charge >= 0.3 is 6.18 Å². The van der Waals surface area contributed by atoms with Gasteiger partial charge in [0.1, 0.15) is 16.5 Å². The van der Waals surface area contributed by atoms with Gasteiger partial charge in [0.2, 0.25) is 0 Å². The normalized spacial score (nSPS) is 11.7. The fraction of sp³-hybridized carbons (Fsp3) is 0.111. The first-order valence-corrected chi connectivity index (χ1v) is 5.09. The minimum absolute atomic E-state index is 0.347. The number of thiazole rings is 1. The molecule has 0 spiro atoms. The Labute approximate surface area is 92.8 Å². The van der Waals surface area contributed by atoms with Gasteiger partial charge in [-0.25, -0.2) is 4.98 Å². The number of hydrogen-bond donors (Lipinski definition) is 1. The lowest BCUT2D eigenvalue weighted by molar-refractivity contribution is -0.141. The summed E-state index contributed by atoms with van der Waals surface area (Å²) in [5, 5.41) is 2.17. The third-order valence-corrected chi connectivity index (χ3v) is 2.73. The lowest BCUT2D eigenvalue weighted by atomic mass is 10.2. The third-order valence-electron chi connectivity index (χ3n) is 1.82. The lowest BCUT2D eigenvalue weighted by Gasteiger charge is -2.04. The largest absolute Gasteiger partial charge is 0.433 e. The van der Waals surface area contributed by atoms with Crippen molar-refractivity contribution in [3.8, 4) is 10.6 Å². The summed E-state index contributed by atoms with van der Waals surface area (Å²) >= 11 is 1.26. The molecule has 2 N–H and O–H groups in total. The van der Waals surface area contributed by atoms with Gasteiger partial charge < -0.3 is 5.73 Å². The van der Waals surface area contributed by atoms with Crippen LogP contribution >= 0.6 is 11.3 Å². The van der Waals surface area contributed by atoms with Crippen molar-refractivity contribution >= 4 is 17.2 Å². The van der Waals surface area contributed by atoms with Gasteiger partial charge in [-0.15, -0.1) is 11.3 Å². The number of nitrogens with zero attached hydrogens (tertiary/aromatic N) is 2. The van der Waals surface area contributed by atoms with E-state index in [0.29, 0.717) is 16.4 Å². The third kappa shape index (κ3) is 2.13. The van der Waals surface area contributed by atoms with E-state index in [4.69, 9.17) is 5.73 Å². The maximum atomic E-state index is 12.2. The van der Waals surface area contributed by atoms with Crippen LogP contribution in [0.2, 0.25) is 0 Å². The quantitative estimate of drug-likeness (QED) is 0.840. The van der Waals surface area contributed by atoms with Crippen LogP contribution in [0.4, 0.5) is 19.0 Å². The Kier molecular flexibility index (Phi) is 2.55. The molecule has 0 saturated heterocycles. The molecule has 0 unspecified atom stereocenters. The Bertz CT molecular complexity index is 489. The molecule has 0 aromatic carbocycles. The van der Waals surface area contributed by atoms with E-state index < -0.39 is 11.9 Å². The van der Waals surface area contributed by atoms with Crippen molar-refractivity contribution in [2.45, 2.75) is 6.18 Å². The molecule has 3 nitrogen and oxygen atoms in total. The van der Waals surface area contributed by atoms with Gasteiger partial charge in [0, 0.05) is 17.1 Å².